The summed E-state index contributed by atoms with van der Waals surface area (Å²) in [5.74, 6) is -1.72. The fraction of sp³-hybridized carbons (Fsp3) is 0.143. The van der Waals surface area contributed by atoms with E-state index < -0.39 is 34.8 Å². The van der Waals surface area contributed by atoms with Crippen LogP contribution in [-0.4, -0.2) is 37.6 Å². The summed E-state index contributed by atoms with van der Waals surface area (Å²) in [4.78, 5) is 51.6. The minimum Gasteiger partial charge on any atom is -0.481 e. The number of pyridine rings is 1. The Morgan fingerprint density at radius 3 is 2.54 bits per heavy atom. The maximum atomic E-state index is 13.5. The SMILES string of the molecule is O=C(O)CCC(=O)N1N=C(c2c(-c3ccccc3)c3cc(Cl)ccc3[nH]c2=O)C[C@@H]1c1cccc([N+](=O)[O-])c1. The summed E-state index contributed by atoms with van der Waals surface area (Å²) in [7, 11) is 0. The number of hydrogen-bond acceptors (Lipinski definition) is 6. The normalized spacial score (nSPS) is 14.8. The second-order valence-corrected chi connectivity index (χ2v) is 9.45. The number of fused-ring (bicyclic) bond motifs is 1. The molecular formula is C28H21ClN4O6. The van der Waals surface area contributed by atoms with Crippen LogP contribution in [0.1, 0.15) is 36.4 Å². The number of aliphatic carboxylic acids is 1. The average molecular weight is 545 g/mol. The zero-order chi connectivity index (χ0) is 27.7. The highest BCUT2D eigenvalue weighted by Crippen LogP contribution is 2.38. The van der Waals surface area contributed by atoms with Crippen LogP contribution >= 0.6 is 11.6 Å². The Hall–Kier alpha value is -4.83. The smallest absolute Gasteiger partial charge is 0.303 e. The van der Waals surface area contributed by atoms with Crippen molar-refractivity contribution in [3.8, 4) is 11.1 Å². The number of hydrogen-bond donors (Lipinski definition) is 2. The lowest BCUT2D eigenvalue weighted by Crippen LogP contribution is -2.27. The van der Waals surface area contributed by atoms with Gasteiger partial charge in [-0.1, -0.05) is 54.1 Å². The number of hydrazone groups is 1. The summed E-state index contributed by atoms with van der Waals surface area (Å²) in [5.41, 5.74) is 2.24. The van der Waals surface area contributed by atoms with Gasteiger partial charge in [0.1, 0.15) is 0 Å². The van der Waals surface area contributed by atoms with Gasteiger partial charge in [-0.15, -0.1) is 0 Å². The number of carboxylic acid groups (broad SMARTS) is 1. The molecule has 11 heteroatoms. The lowest BCUT2D eigenvalue weighted by molar-refractivity contribution is -0.385. The molecule has 0 spiro atoms. The number of nitrogens with one attached hydrogen (secondary N) is 1. The standard InChI is InChI=1S/C28H21ClN4O6/c29-18-9-10-21-20(14-18)26(16-5-2-1-3-6-16)27(28(37)30-21)22-15-23(17-7-4-8-19(13-17)33(38)39)32(31-22)24(34)11-12-25(35)36/h1-10,13-14,23H,11-12,15H2,(H,30,37)(H,35,36)/t23-/m1/s1. The van der Waals surface area contributed by atoms with Gasteiger partial charge in [-0.2, -0.15) is 5.10 Å². The van der Waals surface area contributed by atoms with Gasteiger partial charge in [-0.05, 0) is 29.3 Å². The molecule has 5 rings (SSSR count). The van der Waals surface area contributed by atoms with Crippen LogP contribution in [0.5, 0.6) is 0 Å². The molecule has 39 heavy (non-hydrogen) atoms. The van der Waals surface area contributed by atoms with Gasteiger partial charge in [0.2, 0.25) is 5.91 Å². The molecule has 0 radical (unpaired) electrons. The minimum absolute atomic E-state index is 0.0783. The highest BCUT2D eigenvalue weighted by Gasteiger charge is 2.36. The van der Waals surface area contributed by atoms with E-state index in [-0.39, 0.29) is 29.8 Å². The Bertz CT molecular complexity index is 1720. The van der Waals surface area contributed by atoms with Crippen LogP contribution in [0.25, 0.3) is 22.0 Å². The molecule has 1 aliphatic heterocycles. The second kappa shape index (κ2) is 10.5. The molecule has 0 saturated carbocycles. The molecule has 0 unspecified atom stereocenters. The quantitative estimate of drug-likeness (QED) is 0.238. The molecule has 2 heterocycles. The number of nitro groups is 1. The van der Waals surface area contributed by atoms with Gasteiger partial charge in [0.05, 0.1) is 28.7 Å². The molecule has 4 aromatic rings. The molecule has 3 aromatic carbocycles. The number of benzene rings is 3. The van der Waals surface area contributed by atoms with E-state index in [0.29, 0.717) is 27.1 Å². The zero-order valence-electron chi connectivity index (χ0n) is 20.3. The van der Waals surface area contributed by atoms with E-state index in [1.165, 1.54) is 18.2 Å². The summed E-state index contributed by atoms with van der Waals surface area (Å²) in [5, 5.41) is 27.3. The first-order chi connectivity index (χ1) is 18.7. The number of halogens is 1. The third-order valence-electron chi connectivity index (χ3n) is 6.51. The number of carbonyl (C=O) groups is 2. The van der Waals surface area contributed by atoms with Gasteiger partial charge in [0.25, 0.3) is 11.2 Å². The van der Waals surface area contributed by atoms with Crippen LogP contribution < -0.4 is 5.56 Å². The molecular weight excluding hydrogens is 524 g/mol. The van der Waals surface area contributed by atoms with Crippen molar-refractivity contribution >= 4 is 45.8 Å². The Balaban J connectivity index is 1.70. The molecule has 1 aromatic heterocycles. The highest BCUT2D eigenvalue weighted by atomic mass is 35.5. The Labute approximate surface area is 226 Å². The number of rotatable bonds is 7. The molecule has 0 bridgehead atoms. The number of carboxylic acids is 1. The van der Waals surface area contributed by atoms with Gasteiger partial charge >= 0.3 is 5.97 Å². The van der Waals surface area contributed by atoms with Crippen LogP contribution in [0.2, 0.25) is 5.02 Å². The van der Waals surface area contributed by atoms with Crippen LogP contribution in [0.15, 0.2) is 82.7 Å². The topological polar surface area (TPSA) is 146 Å². The molecule has 2 N–H and O–H groups in total. The van der Waals surface area contributed by atoms with Crippen molar-refractivity contribution in [1.82, 2.24) is 9.99 Å². The molecule has 1 aliphatic rings. The fourth-order valence-corrected chi connectivity index (χ4v) is 4.94. The molecule has 0 fully saturated rings. The summed E-state index contributed by atoms with van der Waals surface area (Å²) in [6.45, 7) is 0. The van der Waals surface area contributed by atoms with Crippen molar-refractivity contribution in [1.29, 1.82) is 0 Å². The first-order valence-electron chi connectivity index (χ1n) is 12.0. The van der Waals surface area contributed by atoms with Crippen LogP contribution in [-0.2, 0) is 9.59 Å². The number of nitro benzene ring substituents is 1. The van der Waals surface area contributed by atoms with E-state index in [1.807, 2.05) is 30.3 Å². The average Bonchev–Trinajstić information content (AvgIpc) is 3.37. The number of amides is 1. The number of non-ortho nitro benzene ring substituents is 1. The maximum Gasteiger partial charge on any atom is 0.303 e. The third-order valence-corrected chi connectivity index (χ3v) is 6.75. The van der Waals surface area contributed by atoms with Gasteiger partial charge in [0.15, 0.2) is 0 Å². The summed E-state index contributed by atoms with van der Waals surface area (Å²) in [6.07, 6.45) is -0.659. The molecule has 0 aliphatic carbocycles. The largest absolute Gasteiger partial charge is 0.481 e. The van der Waals surface area contributed by atoms with E-state index in [9.17, 15) is 24.5 Å². The van der Waals surface area contributed by atoms with E-state index in [1.54, 1.807) is 24.3 Å². The van der Waals surface area contributed by atoms with Crippen molar-refractivity contribution in [2.75, 3.05) is 0 Å². The lowest BCUT2D eigenvalue weighted by Gasteiger charge is -2.21. The predicted molar refractivity (Wildman–Crippen MR) is 146 cm³/mol. The minimum atomic E-state index is -1.15. The van der Waals surface area contributed by atoms with E-state index in [2.05, 4.69) is 10.1 Å². The first kappa shape index (κ1) is 25.8. The highest BCUT2D eigenvalue weighted by molar-refractivity contribution is 6.31. The van der Waals surface area contributed by atoms with Crippen molar-refractivity contribution in [2.24, 2.45) is 5.10 Å². The number of H-pyrrole nitrogens is 1. The van der Waals surface area contributed by atoms with Crippen molar-refractivity contribution < 1.29 is 19.6 Å². The number of carbonyl (C=O) groups excluding carboxylic acids is 1. The van der Waals surface area contributed by atoms with Crippen LogP contribution in [0.3, 0.4) is 0 Å². The van der Waals surface area contributed by atoms with E-state index in [0.717, 1.165) is 10.6 Å². The Morgan fingerprint density at radius 1 is 1.05 bits per heavy atom. The monoisotopic (exact) mass is 544 g/mol. The van der Waals surface area contributed by atoms with Crippen molar-refractivity contribution in [2.45, 2.75) is 25.3 Å². The van der Waals surface area contributed by atoms with Crippen LogP contribution in [0, 0.1) is 10.1 Å². The molecule has 1 amide bonds. The van der Waals surface area contributed by atoms with E-state index in [4.69, 9.17) is 16.7 Å². The van der Waals surface area contributed by atoms with Gasteiger partial charge in [0, 0.05) is 46.5 Å². The number of aromatic amines is 1. The van der Waals surface area contributed by atoms with Gasteiger partial charge in [-0.25, -0.2) is 5.01 Å². The van der Waals surface area contributed by atoms with E-state index >= 15 is 0 Å². The number of nitrogens with zero attached hydrogens (tertiary/aromatic N) is 3. The van der Waals surface area contributed by atoms with Crippen molar-refractivity contribution in [3.63, 3.8) is 0 Å². The molecule has 10 nitrogen and oxygen atoms in total. The molecule has 0 saturated heterocycles. The van der Waals surface area contributed by atoms with Crippen LogP contribution in [0.4, 0.5) is 5.69 Å². The fourth-order valence-electron chi connectivity index (χ4n) is 4.77. The summed E-state index contributed by atoms with van der Waals surface area (Å²) >= 11 is 6.32. The molecule has 1 atom stereocenters. The number of aromatic nitrogens is 1. The second-order valence-electron chi connectivity index (χ2n) is 9.01. The zero-order valence-corrected chi connectivity index (χ0v) is 21.1. The first-order valence-corrected chi connectivity index (χ1v) is 12.4. The Morgan fingerprint density at radius 2 is 1.82 bits per heavy atom. The predicted octanol–water partition coefficient (Wildman–Crippen LogP) is 5.30. The van der Waals surface area contributed by atoms with Gasteiger partial charge in [-0.3, -0.25) is 24.5 Å². The van der Waals surface area contributed by atoms with Gasteiger partial charge < -0.3 is 10.1 Å². The van der Waals surface area contributed by atoms with Crippen molar-refractivity contribution in [3.05, 3.63) is 109 Å². The maximum absolute atomic E-state index is 13.5. The summed E-state index contributed by atoms with van der Waals surface area (Å²) < 4.78 is 0. The Kier molecular flexibility index (Phi) is 6.95. The summed E-state index contributed by atoms with van der Waals surface area (Å²) in [6, 6.07) is 19.4. The lowest BCUT2D eigenvalue weighted by atomic mass is 9.91. The third kappa shape index (κ3) is 5.14. The molecule has 196 valence electrons.